The zero-order chi connectivity index (χ0) is 14.0. The standard InChI is InChI=1S/C10H15.C9H11.CH3.BrH.Hf/c1-7-6-10(4,5)9(3)8(7)2;1-2-5-9-7-3-6-8(9)4-1;;;/h1-5H3;1-2,4-6,8-9H,3,7H2;1H3;1H;/q3*-1;;+4/p-1. The maximum atomic E-state index is 3.44. The first kappa shape index (κ1) is 24.6. The number of hydrogen-bond acceptors (Lipinski definition) is 0. The fraction of sp³-hybridized carbons (Fsp3) is 0.500. The first-order valence-electron chi connectivity index (χ1n) is 7.40. The van der Waals surface area contributed by atoms with Crippen LogP contribution in [0.1, 0.15) is 47.5 Å². The van der Waals surface area contributed by atoms with Crippen LogP contribution in [0, 0.1) is 37.2 Å². The van der Waals surface area contributed by atoms with Crippen molar-refractivity contribution in [1.82, 2.24) is 0 Å². The van der Waals surface area contributed by atoms with E-state index in [9.17, 15) is 0 Å². The van der Waals surface area contributed by atoms with Gasteiger partial charge in [0.2, 0.25) is 0 Å². The van der Waals surface area contributed by atoms with E-state index in [-0.39, 0.29) is 55.7 Å². The van der Waals surface area contributed by atoms with E-state index in [0.717, 1.165) is 11.8 Å². The van der Waals surface area contributed by atoms with Crippen LogP contribution in [0.3, 0.4) is 0 Å². The largest absolute Gasteiger partial charge is 4.00 e. The zero-order valence-electron chi connectivity index (χ0n) is 14.8. The van der Waals surface area contributed by atoms with Gasteiger partial charge >= 0.3 is 25.8 Å². The van der Waals surface area contributed by atoms with Crippen LogP contribution in [-0.2, 0) is 25.8 Å². The molecule has 3 aliphatic carbocycles. The predicted octanol–water partition coefficient (Wildman–Crippen LogP) is 2.91. The van der Waals surface area contributed by atoms with Crippen LogP contribution in [0.25, 0.3) is 0 Å². The van der Waals surface area contributed by atoms with Gasteiger partial charge < -0.3 is 30.8 Å². The van der Waals surface area contributed by atoms with E-state index < -0.39 is 0 Å². The van der Waals surface area contributed by atoms with Crippen molar-refractivity contribution < 1.29 is 42.8 Å². The van der Waals surface area contributed by atoms with E-state index in [1.54, 1.807) is 0 Å². The van der Waals surface area contributed by atoms with E-state index in [2.05, 4.69) is 71.4 Å². The third-order valence-electron chi connectivity index (χ3n) is 4.80. The van der Waals surface area contributed by atoms with Crippen molar-refractivity contribution in [3.05, 3.63) is 60.9 Å². The van der Waals surface area contributed by atoms with Gasteiger partial charge in [0.1, 0.15) is 0 Å². The first-order valence-corrected chi connectivity index (χ1v) is 7.40. The molecule has 0 aromatic carbocycles. The second-order valence-electron chi connectivity index (χ2n) is 6.45. The summed E-state index contributed by atoms with van der Waals surface area (Å²) in [6, 6.07) is 0. The Kier molecular flexibility index (Phi) is 11.4. The Morgan fingerprint density at radius 1 is 1.14 bits per heavy atom. The van der Waals surface area contributed by atoms with Gasteiger partial charge in [-0.2, -0.15) is 17.6 Å². The Morgan fingerprint density at radius 2 is 1.73 bits per heavy atom. The molecule has 0 aromatic rings. The second-order valence-corrected chi connectivity index (χ2v) is 6.45. The summed E-state index contributed by atoms with van der Waals surface area (Å²) in [6.45, 7) is 10.9. The number of rotatable bonds is 0. The first-order chi connectivity index (χ1) is 8.92. The molecule has 0 heterocycles. The molecule has 0 N–H and O–H groups in total. The Labute approximate surface area is 167 Å². The summed E-state index contributed by atoms with van der Waals surface area (Å²) < 4.78 is 0. The molecule has 0 aliphatic heterocycles. The smallest absolute Gasteiger partial charge is 1.00 e. The Balaban J connectivity index is 0. The minimum atomic E-state index is 0. The van der Waals surface area contributed by atoms with Crippen molar-refractivity contribution in [1.29, 1.82) is 0 Å². The van der Waals surface area contributed by atoms with Gasteiger partial charge in [-0.15, -0.1) is 18.9 Å². The van der Waals surface area contributed by atoms with E-state index in [1.165, 1.54) is 29.6 Å². The van der Waals surface area contributed by atoms with Gasteiger partial charge in [0, 0.05) is 0 Å². The van der Waals surface area contributed by atoms with Gasteiger partial charge in [-0.3, -0.25) is 6.08 Å². The predicted molar refractivity (Wildman–Crippen MR) is 89.8 cm³/mol. The molecule has 1 saturated carbocycles. The van der Waals surface area contributed by atoms with E-state index >= 15 is 0 Å². The molecule has 2 atom stereocenters. The molecule has 2 heteroatoms. The Morgan fingerprint density at radius 3 is 2.14 bits per heavy atom. The average Bonchev–Trinajstić information content (AvgIpc) is 2.90. The molecule has 0 amide bonds. The van der Waals surface area contributed by atoms with E-state index in [4.69, 9.17) is 0 Å². The summed E-state index contributed by atoms with van der Waals surface area (Å²) in [5.41, 5.74) is 4.39. The van der Waals surface area contributed by atoms with Crippen molar-refractivity contribution in [2.75, 3.05) is 0 Å². The SMILES string of the molecule is C1=CC2[CH-]CCC2C=C1.CC1=[C-]C(C)(C)C(C)=C1C.[Br-].[CH3-].[Hf+4]. The molecule has 120 valence electrons. The Hall–Kier alpha value is 0.310. The summed E-state index contributed by atoms with van der Waals surface area (Å²) in [5, 5.41) is 0. The van der Waals surface area contributed by atoms with Gasteiger partial charge in [0.25, 0.3) is 0 Å². The molecule has 0 bridgehead atoms. The third kappa shape index (κ3) is 5.74. The van der Waals surface area contributed by atoms with Crippen LogP contribution < -0.4 is 17.0 Å². The Bertz CT molecular complexity index is 448. The zero-order valence-corrected chi connectivity index (χ0v) is 20.0. The average molecular weight is 528 g/mol. The molecule has 0 spiro atoms. The molecule has 22 heavy (non-hydrogen) atoms. The summed E-state index contributed by atoms with van der Waals surface area (Å²) in [7, 11) is 0. The van der Waals surface area contributed by atoms with Crippen molar-refractivity contribution in [2.45, 2.75) is 47.5 Å². The fourth-order valence-corrected chi connectivity index (χ4v) is 3.10. The molecule has 0 saturated heterocycles. The molecule has 0 radical (unpaired) electrons. The van der Waals surface area contributed by atoms with Crippen molar-refractivity contribution in [3.8, 4) is 0 Å². The molecule has 2 unspecified atom stereocenters. The number of halogens is 1. The number of fused-ring (bicyclic) bond motifs is 1. The van der Waals surface area contributed by atoms with Crippen LogP contribution in [0.4, 0.5) is 0 Å². The van der Waals surface area contributed by atoms with Gasteiger partial charge in [-0.25, -0.2) is 5.57 Å². The summed E-state index contributed by atoms with van der Waals surface area (Å²) in [4.78, 5) is 0. The quantitative estimate of drug-likeness (QED) is 0.336. The fourth-order valence-electron chi connectivity index (χ4n) is 3.10. The molecule has 0 aromatic heterocycles. The van der Waals surface area contributed by atoms with Gasteiger partial charge in [0.15, 0.2) is 0 Å². The van der Waals surface area contributed by atoms with Crippen LogP contribution in [0.2, 0.25) is 0 Å². The monoisotopic (exact) mass is 528 g/mol. The van der Waals surface area contributed by atoms with Crippen molar-refractivity contribution >= 4 is 0 Å². The van der Waals surface area contributed by atoms with Crippen LogP contribution in [0.5, 0.6) is 0 Å². The van der Waals surface area contributed by atoms with E-state index in [1.807, 2.05) is 0 Å². The molecular formula is C20H29BrHf. The number of allylic oxidation sites excluding steroid dienone is 8. The van der Waals surface area contributed by atoms with Crippen molar-refractivity contribution in [2.24, 2.45) is 17.3 Å². The minimum absolute atomic E-state index is 0. The van der Waals surface area contributed by atoms with Gasteiger partial charge in [0.05, 0.1) is 0 Å². The van der Waals surface area contributed by atoms with Crippen LogP contribution in [-0.4, -0.2) is 0 Å². The van der Waals surface area contributed by atoms with Crippen molar-refractivity contribution in [3.63, 3.8) is 0 Å². The van der Waals surface area contributed by atoms with Crippen LogP contribution >= 0.6 is 0 Å². The van der Waals surface area contributed by atoms with Gasteiger partial charge in [-0.05, 0) is 5.92 Å². The van der Waals surface area contributed by atoms with E-state index in [0.29, 0.717) is 0 Å². The molecular weight excluding hydrogens is 499 g/mol. The molecule has 0 nitrogen and oxygen atoms in total. The molecule has 3 rings (SSSR count). The maximum Gasteiger partial charge on any atom is 4.00 e. The maximum absolute atomic E-state index is 3.44. The summed E-state index contributed by atoms with van der Waals surface area (Å²) >= 11 is 0. The minimum Gasteiger partial charge on any atom is -1.00 e. The summed E-state index contributed by atoms with van der Waals surface area (Å²) in [5.74, 6) is 1.62. The van der Waals surface area contributed by atoms with Crippen LogP contribution in [0.15, 0.2) is 41.0 Å². The molecule has 3 aliphatic rings. The third-order valence-corrected chi connectivity index (χ3v) is 4.80. The van der Waals surface area contributed by atoms with Gasteiger partial charge in [-0.1, -0.05) is 57.8 Å². The summed E-state index contributed by atoms with van der Waals surface area (Å²) in [6.07, 6.45) is 17.5. The topological polar surface area (TPSA) is 0 Å². The number of hydrogen-bond donors (Lipinski definition) is 0. The second kappa shape index (κ2) is 10.2. The normalized spacial score (nSPS) is 26.7. The molecule has 1 fully saturated rings.